The van der Waals surface area contributed by atoms with Gasteiger partial charge in [-0.25, -0.2) is 0 Å². The topological polar surface area (TPSA) is 46.5 Å². The third-order valence-electron chi connectivity index (χ3n) is 2.91. The van der Waals surface area contributed by atoms with Crippen molar-refractivity contribution in [2.45, 2.75) is 32.3 Å². The van der Waals surface area contributed by atoms with Gasteiger partial charge < -0.3 is 9.84 Å². The van der Waals surface area contributed by atoms with E-state index in [1.54, 1.807) is 18.2 Å². The van der Waals surface area contributed by atoms with Gasteiger partial charge in [0.05, 0.1) is 11.2 Å². The standard InChI is InChI=1S/C13H17BrO3/c1-3-13(16,4-2)9-17-12-6-5-11(14)7-10(12)8-15/h5-8,16H,3-4,9H2,1-2H3. The number of aldehydes is 1. The molecule has 17 heavy (non-hydrogen) atoms. The van der Waals surface area contributed by atoms with Crippen molar-refractivity contribution in [2.24, 2.45) is 0 Å². The molecule has 1 aromatic carbocycles. The molecule has 0 amide bonds. The molecule has 0 aliphatic carbocycles. The maximum absolute atomic E-state index is 10.9. The quantitative estimate of drug-likeness (QED) is 0.821. The van der Waals surface area contributed by atoms with Crippen LogP contribution in [-0.2, 0) is 0 Å². The van der Waals surface area contributed by atoms with Crippen molar-refractivity contribution in [3.05, 3.63) is 28.2 Å². The molecule has 0 atom stereocenters. The summed E-state index contributed by atoms with van der Waals surface area (Å²) in [5, 5.41) is 10.1. The molecule has 0 aliphatic rings. The number of hydrogen-bond donors (Lipinski definition) is 1. The lowest BCUT2D eigenvalue weighted by atomic mass is 9.99. The Kier molecular flexibility index (Phi) is 5.15. The molecule has 1 N–H and O–H groups in total. The van der Waals surface area contributed by atoms with Crippen molar-refractivity contribution >= 4 is 22.2 Å². The number of benzene rings is 1. The Morgan fingerprint density at radius 1 is 1.41 bits per heavy atom. The lowest BCUT2D eigenvalue weighted by molar-refractivity contribution is -0.0115. The Balaban J connectivity index is 2.78. The van der Waals surface area contributed by atoms with Gasteiger partial charge in [-0.15, -0.1) is 0 Å². The smallest absolute Gasteiger partial charge is 0.153 e. The number of rotatable bonds is 6. The SMILES string of the molecule is CCC(O)(CC)COc1ccc(Br)cc1C=O. The van der Waals surface area contributed by atoms with E-state index in [4.69, 9.17) is 4.74 Å². The first-order chi connectivity index (χ1) is 8.04. The summed E-state index contributed by atoms with van der Waals surface area (Å²) >= 11 is 3.29. The van der Waals surface area contributed by atoms with Gasteiger partial charge in [-0.3, -0.25) is 4.79 Å². The van der Waals surface area contributed by atoms with Crippen LogP contribution in [0.25, 0.3) is 0 Å². The van der Waals surface area contributed by atoms with Crippen molar-refractivity contribution in [3.8, 4) is 5.75 Å². The number of carbonyl (C=O) groups excluding carboxylic acids is 1. The highest BCUT2D eigenvalue weighted by atomic mass is 79.9. The van der Waals surface area contributed by atoms with E-state index in [-0.39, 0.29) is 6.61 Å². The fourth-order valence-electron chi connectivity index (χ4n) is 1.41. The van der Waals surface area contributed by atoms with Gasteiger partial charge in [0.1, 0.15) is 12.4 Å². The zero-order valence-electron chi connectivity index (χ0n) is 10.1. The average molecular weight is 301 g/mol. The Morgan fingerprint density at radius 2 is 2.06 bits per heavy atom. The summed E-state index contributed by atoms with van der Waals surface area (Å²) in [4.78, 5) is 10.9. The molecule has 0 fully saturated rings. The number of hydrogen-bond acceptors (Lipinski definition) is 3. The molecule has 0 spiro atoms. The second-order valence-corrected chi connectivity index (χ2v) is 4.94. The lowest BCUT2D eigenvalue weighted by Gasteiger charge is -2.25. The molecule has 0 radical (unpaired) electrons. The van der Waals surface area contributed by atoms with Gasteiger partial charge in [0.25, 0.3) is 0 Å². The Morgan fingerprint density at radius 3 is 2.59 bits per heavy atom. The van der Waals surface area contributed by atoms with Crippen LogP contribution in [-0.4, -0.2) is 23.6 Å². The van der Waals surface area contributed by atoms with Crippen LogP contribution >= 0.6 is 15.9 Å². The molecule has 0 aromatic heterocycles. The molecule has 0 heterocycles. The molecule has 0 unspecified atom stereocenters. The lowest BCUT2D eigenvalue weighted by Crippen LogP contribution is -2.34. The summed E-state index contributed by atoms with van der Waals surface area (Å²) in [7, 11) is 0. The number of aliphatic hydroxyl groups is 1. The normalized spacial score (nSPS) is 11.3. The highest BCUT2D eigenvalue weighted by molar-refractivity contribution is 9.10. The highest BCUT2D eigenvalue weighted by Crippen LogP contribution is 2.24. The van der Waals surface area contributed by atoms with Crippen molar-refractivity contribution in [1.82, 2.24) is 0 Å². The molecule has 4 heteroatoms. The number of ether oxygens (including phenoxy) is 1. The van der Waals surface area contributed by atoms with Gasteiger partial charge in [-0.2, -0.15) is 0 Å². The van der Waals surface area contributed by atoms with Crippen LogP contribution in [0, 0.1) is 0 Å². The minimum Gasteiger partial charge on any atom is -0.490 e. The van der Waals surface area contributed by atoms with E-state index in [1.807, 2.05) is 13.8 Å². The van der Waals surface area contributed by atoms with E-state index in [0.717, 1.165) is 10.8 Å². The Hall–Kier alpha value is -0.870. The minimum atomic E-state index is -0.826. The molecule has 1 aromatic rings. The van der Waals surface area contributed by atoms with Crippen LogP contribution < -0.4 is 4.74 Å². The second kappa shape index (κ2) is 6.17. The van der Waals surface area contributed by atoms with Crippen molar-refractivity contribution in [1.29, 1.82) is 0 Å². The van der Waals surface area contributed by atoms with Gasteiger partial charge in [0.15, 0.2) is 6.29 Å². The third-order valence-corrected chi connectivity index (χ3v) is 3.40. The largest absolute Gasteiger partial charge is 0.490 e. The van der Waals surface area contributed by atoms with E-state index in [9.17, 15) is 9.90 Å². The summed E-state index contributed by atoms with van der Waals surface area (Å²) in [6.45, 7) is 4.02. The Labute approximate surface area is 110 Å². The molecule has 0 bridgehead atoms. The van der Waals surface area contributed by atoms with Crippen LogP contribution in [0.1, 0.15) is 37.0 Å². The first-order valence-corrected chi connectivity index (χ1v) is 6.44. The number of halogens is 1. The Bertz CT molecular complexity index is 386. The van der Waals surface area contributed by atoms with E-state index in [1.165, 1.54) is 0 Å². The summed E-state index contributed by atoms with van der Waals surface area (Å²) in [6, 6.07) is 5.22. The van der Waals surface area contributed by atoms with Gasteiger partial charge in [-0.1, -0.05) is 29.8 Å². The molecule has 1 rings (SSSR count). The summed E-state index contributed by atoms with van der Waals surface area (Å²) in [5.41, 5.74) is -0.346. The molecule has 0 aliphatic heterocycles. The van der Waals surface area contributed by atoms with Gasteiger partial charge >= 0.3 is 0 Å². The van der Waals surface area contributed by atoms with Crippen LogP contribution in [0.3, 0.4) is 0 Å². The van der Waals surface area contributed by atoms with Crippen LogP contribution in [0.4, 0.5) is 0 Å². The van der Waals surface area contributed by atoms with E-state index in [2.05, 4.69) is 15.9 Å². The van der Waals surface area contributed by atoms with Gasteiger partial charge in [-0.05, 0) is 31.0 Å². The summed E-state index contributed by atoms with van der Waals surface area (Å²) < 4.78 is 6.35. The predicted molar refractivity (Wildman–Crippen MR) is 70.6 cm³/mol. The molecule has 3 nitrogen and oxygen atoms in total. The van der Waals surface area contributed by atoms with E-state index < -0.39 is 5.60 Å². The highest BCUT2D eigenvalue weighted by Gasteiger charge is 2.23. The van der Waals surface area contributed by atoms with Gasteiger partial charge in [0.2, 0.25) is 0 Å². The number of carbonyl (C=O) groups is 1. The molecule has 0 saturated carbocycles. The molecular formula is C13H17BrO3. The van der Waals surface area contributed by atoms with E-state index >= 15 is 0 Å². The maximum Gasteiger partial charge on any atom is 0.153 e. The summed E-state index contributed by atoms with van der Waals surface area (Å²) in [6.07, 6.45) is 1.99. The van der Waals surface area contributed by atoms with Crippen molar-refractivity contribution in [2.75, 3.05) is 6.61 Å². The minimum absolute atomic E-state index is 0.197. The first kappa shape index (κ1) is 14.2. The zero-order valence-corrected chi connectivity index (χ0v) is 11.7. The molecule has 0 saturated heterocycles. The first-order valence-electron chi connectivity index (χ1n) is 5.64. The van der Waals surface area contributed by atoms with Gasteiger partial charge in [0, 0.05) is 4.47 Å². The van der Waals surface area contributed by atoms with E-state index in [0.29, 0.717) is 24.2 Å². The van der Waals surface area contributed by atoms with Crippen LogP contribution in [0.15, 0.2) is 22.7 Å². The van der Waals surface area contributed by atoms with Crippen LogP contribution in [0.5, 0.6) is 5.75 Å². The molecular weight excluding hydrogens is 284 g/mol. The monoisotopic (exact) mass is 300 g/mol. The fraction of sp³-hybridized carbons (Fsp3) is 0.462. The third kappa shape index (κ3) is 3.82. The summed E-state index contributed by atoms with van der Waals surface area (Å²) in [5.74, 6) is 0.503. The van der Waals surface area contributed by atoms with Crippen LogP contribution in [0.2, 0.25) is 0 Å². The fourth-order valence-corrected chi connectivity index (χ4v) is 1.79. The molecule has 94 valence electrons. The average Bonchev–Trinajstić information content (AvgIpc) is 2.36. The maximum atomic E-state index is 10.9. The van der Waals surface area contributed by atoms with Crippen molar-refractivity contribution in [3.63, 3.8) is 0 Å². The second-order valence-electron chi connectivity index (χ2n) is 4.02. The predicted octanol–water partition coefficient (Wildman–Crippen LogP) is 3.19. The van der Waals surface area contributed by atoms with Crippen molar-refractivity contribution < 1.29 is 14.6 Å². The zero-order chi connectivity index (χ0) is 12.9.